The van der Waals surface area contributed by atoms with Crippen molar-refractivity contribution in [2.45, 2.75) is 71.7 Å². The molecule has 1 saturated heterocycles. The molecule has 1 rings (SSSR count). The molecule has 3 heteroatoms. The van der Waals surface area contributed by atoms with E-state index in [1.807, 2.05) is 0 Å². The number of nitrogens with one attached hydrogen (secondary N) is 1. The van der Waals surface area contributed by atoms with Gasteiger partial charge in [0.25, 0.3) is 0 Å². The average molecular weight is 242 g/mol. The van der Waals surface area contributed by atoms with Crippen molar-refractivity contribution >= 4 is 0 Å². The highest BCUT2D eigenvalue weighted by molar-refractivity contribution is 4.83. The monoisotopic (exact) mass is 242 g/mol. The summed E-state index contributed by atoms with van der Waals surface area (Å²) in [7, 11) is 0. The lowest BCUT2D eigenvalue weighted by molar-refractivity contribution is -0.0670. The molecule has 0 aromatic heterocycles. The molecule has 0 bridgehead atoms. The number of hydrogen-bond acceptors (Lipinski definition) is 3. The van der Waals surface area contributed by atoms with Gasteiger partial charge in [-0.2, -0.15) is 0 Å². The van der Waals surface area contributed by atoms with Crippen LogP contribution in [0.25, 0.3) is 0 Å². The van der Waals surface area contributed by atoms with Crippen molar-refractivity contribution in [3.05, 3.63) is 0 Å². The normalized spacial score (nSPS) is 28.6. The lowest BCUT2D eigenvalue weighted by Crippen LogP contribution is -2.55. The van der Waals surface area contributed by atoms with Crippen molar-refractivity contribution in [3.63, 3.8) is 0 Å². The summed E-state index contributed by atoms with van der Waals surface area (Å²) in [5.41, 5.74) is 0. The lowest BCUT2D eigenvalue weighted by atomic mass is 10.1. The minimum atomic E-state index is 0.379. The Morgan fingerprint density at radius 3 is 2.65 bits per heavy atom. The van der Waals surface area contributed by atoms with Gasteiger partial charge < -0.3 is 10.1 Å². The van der Waals surface area contributed by atoms with Gasteiger partial charge in [0, 0.05) is 31.2 Å². The van der Waals surface area contributed by atoms with Crippen molar-refractivity contribution in [1.82, 2.24) is 10.2 Å². The van der Waals surface area contributed by atoms with Crippen LogP contribution in [0.15, 0.2) is 0 Å². The maximum atomic E-state index is 5.71. The maximum absolute atomic E-state index is 5.71. The van der Waals surface area contributed by atoms with Crippen LogP contribution in [0, 0.1) is 0 Å². The Kier molecular flexibility index (Phi) is 6.45. The standard InChI is InChI=1S/C14H30N2O/c1-6-7-14(8-15-11(2)3)16-9-13(5)17-10-12(16)4/h11-15H,6-10H2,1-5H3. The molecule has 3 unspecified atom stereocenters. The second-order valence-corrected chi connectivity index (χ2v) is 5.70. The summed E-state index contributed by atoms with van der Waals surface area (Å²) in [5, 5.41) is 3.58. The Bertz CT molecular complexity index is 208. The molecule has 1 aliphatic heterocycles. The Morgan fingerprint density at radius 2 is 2.06 bits per heavy atom. The topological polar surface area (TPSA) is 24.5 Å². The van der Waals surface area contributed by atoms with Gasteiger partial charge >= 0.3 is 0 Å². The SMILES string of the molecule is CCCC(CNC(C)C)N1CC(C)OCC1C. The van der Waals surface area contributed by atoms with Crippen LogP contribution in [0.3, 0.4) is 0 Å². The van der Waals surface area contributed by atoms with Crippen LogP contribution in [0.2, 0.25) is 0 Å². The Hall–Kier alpha value is -0.120. The van der Waals surface area contributed by atoms with Gasteiger partial charge in [-0.25, -0.2) is 0 Å². The van der Waals surface area contributed by atoms with Crippen molar-refractivity contribution in [2.24, 2.45) is 0 Å². The zero-order valence-corrected chi connectivity index (χ0v) is 12.2. The van der Waals surface area contributed by atoms with Crippen molar-refractivity contribution in [1.29, 1.82) is 0 Å². The second kappa shape index (κ2) is 7.34. The van der Waals surface area contributed by atoms with E-state index in [2.05, 4.69) is 44.8 Å². The quantitative estimate of drug-likeness (QED) is 0.773. The molecule has 3 nitrogen and oxygen atoms in total. The number of nitrogens with zero attached hydrogens (tertiary/aromatic N) is 1. The molecule has 1 aliphatic rings. The van der Waals surface area contributed by atoms with Crippen molar-refractivity contribution in [2.75, 3.05) is 19.7 Å². The summed E-state index contributed by atoms with van der Waals surface area (Å²) in [6, 6.07) is 1.78. The third-order valence-electron chi connectivity index (χ3n) is 3.51. The van der Waals surface area contributed by atoms with Gasteiger partial charge in [-0.3, -0.25) is 4.90 Å². The second-order valence-electron chi connectivity index (χ2n) is 5.70. The predicted molar refractivity (Wildman–Crippen MR) is 73.4 cm³/mol. The van der Waals surface area contributed by atoms with Crippen LogP contribution in [-0.4, -0.2) is 48.8 Å². The van der Waals surface area contributed by atoms with Gasteiger partial charge in [-0.05, 0) is 20.3 Å². The van der Waals surface area contributed by atoms with Crippen molar-refractivity contribution in [3.8, 4) is 0 Å². The number of ether oxygens (including phenoxy) is 1. The summed E-state index contributed by atoms with van der Waals surface area (Å²) in [5.74, 6) is 0. The van der Waals surface area contributed by atoms with Gasteiger partial charge in [0.2, 0.25) is 0 Å². The predicted octanol–water partition coefficient (Wildman–Crippen LogP) is 2.26. The fourth-order valence-corrected chi connectivity index (χ4v) is 2.53. The summed E-state index contributed by atoms with van der Waals surface area (Å²) in [4.78, 5) is 2.63. The molecule has 1 heterocycles. The minimum absolute atomic E-state index is 0.379. The minimum Gasteiger partial charge on any atom is -0.376 e. The Morgan fingerprint density at radius 1 is 1.35 bits per heavy atom. The number of morpholine rings is 1. The van der Waals surface area contributed by atoms with Crippen LogP contribution in [0.4, 0.5) is 0 Å². The molecule has 0 aliphatic carbocycles. The molecule has 0 amide bonds. The van der Waals surface area contributed by atoms with Crippen LogP contribution < -0.4 is 5.32 Å². The number of rotatable bonds is 6. The van der Waals surface area contributed by atoms with Crippen molar-refractivity contribution < 1.29 is 4.74 Å². The molecule has 3 atom stereocenters. The Balaban J connectivity index is 2.53. The van der Waals surface area contributed by atoms with Gasteiger partial charge in [0.15, 0.2) is 0 Å². The summed E-state index contributed by atoms with van der Waals surface area (Å²) < 4.78 is 5.71. The van der Waals surface area contributed by atoms with Crippen LogP contribution in [0.1, 0.15) is 47.5 Å². The van der Waals surface area contributed by atoms with E-state index in [9.17, 15) is 0 Å². The first kappa shape index (κ1) is 14.9. The molecule has 0 aromatic rings. The first-order valence-electron chi connectivity index (χ1n) is 7.15. The molecule has 17 heavy (non-hydrogen) atoms. The van der Waals surface area contributed by atoms with Gasteiger partial charge in [0.1, 0.15) is 0 Å². The van der Waals surface area contributed by atoms with E-state index in [4.69, 9.17) is 4.74 Å². The molecule has 0 aromatic carbocycles. The van der Waals surface area contributed by atoms with Crippen LogP contribution in [-0.2, 0) is 4.74 Å². The van der Waals surface area contributed by atoms with E-state index in [1.165, 1.54) is 12.8 Å². The van der Waals surface area contributed by atoms with E-state index in [1.54, 1.807) is 0 Å². The summed E-state index contributed by atoms with van der Waals surface area (Å²) in [6.07, 6.45) is 2.91. The zero-order valence-electron chi connectivity index (χ0n) is 12.2. The molecule has 1 fully saturated rings. The highest BCUT2D eigenvalue weighted by Gasteiger charge is 2.28. The average Bonchev–Trinajstić information content (AvgIpc) is 2.27. The van der Waals surface area contributed by atoms with E-state index < -0.39 is 0 Å². The smallest absolute Gasteiger partial charge is 0.0674 e. The van der Waals surface area contributed by atoms with E-state index >= 15 is 0 Å². The number of hydrogen-bond donors (Lipinski definition) is 1. The molecular formula is C14H30N2O. The van der Waals surface area contributed by atoms with E-state index in [0.29, 0.717) is 24.2 Å². The third kappa shape index (κ3) is 4.94. The highest BCUT2D eigenvalue weighted by atomic mass is 16.5. The first-order valence-corrected chi connectivity index (χ1v) is 7.15. The molecular weight excluding hydrogens is 212 g/mol. The highest BCUT2D eigenvalue weighted by Crippen LogP contribution is 2.17. The Labute approximate surface area is 107 Å². The summed E-state index contributed by atoms with van der Waals surface area (Å²) in [6.45, 7) is 14.2. The third-order valence-corrected chi connectivity index (χ3v) is 3.51. The van der Waals surface area contributed by atoms with Gasteiger partial charge in [0.05, 0.1) is 12.7 Å². The molecule has 1 N–H and O–H groups in total. The maximum Gasteiger partial charge on any atom is 0.0674 e. The van der Waals surface area contributed by atoms with Gasteiger partial charge in [-0.15, -0.1) is 0 Å². The molecule has 0 spiro atoms. The molecule has 0 radical (unpaired) electrons. The molecule has 0 saturated carbocycles. The largest absolute Gasteiger partial charge is 0.376 e. The zero-order chi connectivity index (χ0) is 12.8. The lowest BCUT2D eigenvalue weighted by Gasteiger charge is -2.42. The first-order chi connectivity index (χ1) is 8.04. The molecule has 102 valence electrons. The van der Waals surface area contributed by atoms with Crippen LogP contribution >= 0.6 is 0 Å². The van der Waals surface area contributed by atoms with Gasteiger partial charge in [-0.1, -0.05) is 27.2 Å². The fraction of sp³-hybridized carbons (Fsp3) is 1.00. The van der Waals surface area contributed by atoms with Crippen LogP contribution in [0.5, 0.6) is 0 Å². The summed E-state index contributed by atoms with van der Waals surface area (Å²) >= 11 is 0. The fourth-order valence-electron chi connectivity index (χ4n) is 2.53. The van der Waals surface area contributed by atoms with E-state index in [0.717, 1.165) is 19.7 Å². The van der Waals surface area contributed by atoms with E-state index in [-0.39, 0.29) is 0 Å².